The third-order valence-electron chi connectivity index (χ3n) is 6.04. The molecule has 0 atom stereocenters. The highest BCUT2D eigenvalue weighted by molar-refractivity contribution is 7.92. The number of benzene rings is 3. The molecule has 194 valence electrons. The Kier molecular flexibility index (Phi) is 8.81. The Hall–Kier alpha value is -3.82. The minimum Gasteiger partial charge on any atom is -0.497 e. The summed E-state index contributed by atoms with van der Waals surface area (Å²) in [5, 5.41) is 0. The number of ether oxygens (including phenoxy) is 2. The molecule has 37 heavy (non-hydrogen) atoms. The lowest BCUT2D eigenvalue weighted by atomic mass is 10.2. The topological polar surface area (TPSA) is 88.2 Å². The Labute approximate surface area is 218 Å². The molecule has 1 aliphatic heterocycles. The molecule has 9 heteroatoms. The molecule has 4 rings (SSSR count). The van der Waals surface area contributed by atoms with E-state index in [1.165, 1.54) is 17.7 Å². The summed E-state index contributed by atoms with van der Waals surface area (Å²) in [4.78, 5) is 16.8. The molecule has 1 heterocycles. The highest BCUT2D eigenvalue weighted by atomic mass is 32.2. The first-order valence-electron chi connectivity index (χ1n) is 12.0. The van der Waals surface area contributed by atoms with Gasteiger partial charge in [-0.2, -0.15) is 0 Å². The number of carbonyl (C=O) groups is 1. The lowest BCUT2D eigenvalue weighted by molar-refractivity contribution is -0.135. The average molecular weight is 522 g/mol. The summed E-state index contributed by atoms with van der Waals surface area (Å²) in [7, 11) is -2.21. The molecule has 3 aromatic carbocycles. The van der Waals surface area contributed by atoms with Gasteiger partial charge in [0, 0.05) is 38.4 Å². The van der Waals surface area contributed by atoms with Crippen molar-refractivity contribution in [2.24, 2.45) is 0 Å². The van der Waals surface area contributed by atoms with E-state index >= 15 is 0 Å². The lowest BCUT2D eigenvalue weighted by Gasteiger charge is -2.34. The zero-order valence-corrected chi connectivity index (χ0v) is 21.6. The van der Waals surface area contributed by atoms with Gasteiger partial charge in [0.2, 0.25) is 0 Å². The Morgan fingerprint density at radius 3 is 2.19 bits per heavy atom. The Morgan fingerprint density at radius 2 is 1.54 bits per heavy atom. The second-order valence-electron chi connectivity index (χ2n) is 8.59. The Balaban J connectivity index is 1.21. The second-order valence-corrected chi connectivity index (χ2v) is 10.3. The number of sulfonamides is 1. The monoisotopic (exact) mass is 521 g/mol. The molecule has 0 saturated carbocycles. The summed E-state index contributed by atoms with van der Waals surface area (Å²) < 4.78 is 38.5. The maximum atomic E-state index is 12.7. The molecule has 0 aliphatic carbocycles. The summed E-state index contributed by atoms with van der Waals surface area (Å²) in [5.41, 5.74) is 1.60. The van der Waals surface area contributed by atoms with Crippen molar-refractivity contribution in [1.29, 1.82) is 0 Å². The van der Waals surface area contributed by atoms with Crippen molar-refractivity contribution < 1.29 is 22.7 Å². The van der Waals surface area contributed by atoms with E-state index in [-0.39, 0.29) is 17.4 Å². The molecule has 0 radical (unpaired) electrons. The number of methoxy groups -OCH3 is 1. The molecule has 0 bridgehead atoms. The fraction of sp³-hybridized carbons (Fsp3) is 0.250. The van der Waals surface area contributed by atoms with Gasteiger partial charge in [0.05, 0.1) is 12.0 Å². The molecule has 1 saturated heterocycles. The third kappa shape index (κ3) is 7.58. The number of hydrogen-bond acceptors (Lipinski definition) is 6. The van der Waals surface area contributed by atoms with Crippen molar-refractivity contribution in [3.63, 3.8) is 0 Å². The summed E-state index contributed by atoms with van der Waals surface area (Å²) >= 11 is 0. The number of nitrogens with zero attached hydrogens (tertiary/aromatic N) is 2. The predicted molar refractivity (Wildman–Crippen MR) is 144 cm³/mol. The molecule has 0 spiro atoms. The van der Waals surface area contributed by atoms with E-state index in [4.69, 9.17) is 9.47 Å². The van der Waals surface area contributed by atoms with Gasteiger partial charge >= 0.3 is 0 Å². The fourth-order valence-electron chi connectivity index (χ4n) is 3.91. The molecule has 1 amide bonds. The van der Waals surface area contributed by atoms with Crippen LogP contribution < -0.4 is 14.2 Å². The standard InChI is InChI=1S/C28H31N3O5S/c1-35-25-11-9-24(10-12-25)29-37(33,34)27-15-13-26(14-16-27)36-22-28(32)31-20-18-30(19-21-31)17-5-8-23-6-3-2-4-7-23/h2-16,29H,17-22H2,1H3/b8-5+. The van der Waals surface area contributed by atoms with Gasteiger partial charge in [-0.1, -0.05) is 42.5 Å². The quantitative estimate of drug-likeness (QED) is 0.438. The van der Waals surface area contributed by atoms with Crippen LogP contribution in [-0.2, 0) is 14.8 Å². The molecule has 1 aliphatic rings. The number of carbonyl (C=O) groups excluding carboxylic acids is 1. The highest BCUT2D eigenvalue weighted by Gasteiger charge is 2.21. The lowest BCUT2D eigenvalue weighted by Crippen LogP contribution is -2.49. The summed E-state index contributed by atoms with van der Waals surface area (Å²) in [6, 6.07) is 22.8. The van der Waals surface area contributed by atoms with Gasteiger partial charge in [-0.05, 0) is 54.1 Å². The Morgan fingerprint density at radius 1 is 0.892 bits per heavy atom. The van der Waals surface area contributed by atoms with Gasteiger partial charge in [-0.3, -0.25) is 14.4 Å². The number of hydrogen-bond donors (Lipinski definition) is 1. The zero-order chi connectivity index (χ0) is 26.1. The number of nitrogens with one attached hydrogen (secondary N) is 1. The van der Waals surface area contributed by atoms with Crippen LogP contribution in [0, 0.1) is 0 Å². The third-order valence-corrected chi connectivity index (χ3v) is 7.43. The van der Waals surface area contributed by atoms with E-state index in [0.717, 1.165) is 19.6 Å². The molecule has 0 aromatic heterocycles. The van der Waals surface area contributed by atoms with E-state index in [1.54, 1.807) is 48.4 Å². The summed E-state index contributed by atoms with van der Waals surface area (Å²) in [6.45, 7) is 3.66. The van der Waals surface area contributed by atoms with Crippen molar-refractivity contribution >= 4 is 27.7 Å². The van der Waals surface area contributed by atoms with Crippen LogP contribution in [0.1, 0.15) is 5.56 Å². The SMILES string of the molecule is COc1ccc(NS(=O)(=O)c2ccc(OCC(=O)N3CCN(C/C=C/c4ccccc4)CC3)cc2)cc1. The number of piperazine rings is 1. The van der Waals surface area contributed by atoms with Crippen LogP contribution >= 0.6 is 0 Å². The van der Waals surface area contributed by atoms with Crippen LogP contribution in [0.2, 0.25) is 0 Å². The van der Waals surface area contributed by atoms with E-state index < -0.39 is 10.0 Å². The first-order chi connectivity index (χ1) is 17.9. The van der Waals surface area contributed by atoms with Gasteiger partial charge in [-0.25, -0.2) is 8.42 Å². The fourth-order valence-corrected chi connectivity index (χ4v) is 4.96. The van der Waals surface area contributed by atoms with E-state index in [9.17, 15) is 13.2 Å². The van der Waals surface area contributed by atoms with Crippen molar-refractivity contribution in [1.82, 2.24) is 9.80 Å². The van der Waals surface area contributed by atoms with Gasteiger partial charge in [0.15, 0.2) is 6.61 Å². The van der Waals surface area contributed by atoms with Crippen LogP contribution in [0.5, 0.6) is 11.5 Å². The van der Waals surface area contributed by atoms with Crippen LogP contribution in [-0.4, -0.2) is 70.6 Å². The maximum Gasteiger partial charge on any atom is 0.261 e. The normalized spacial score (nSPS) is 14.5. The first-order valence-corrected chi connectivity index (χ1v) is 13.5. The van der Waals surface area contributed by atoms with Gasteiger partial charge < -0.3 is 14.4 Å². The molecular formula is C28H31N3O5S. The molecular weight excluding hydrogens is 490 g/mol. The van der Waals surface area contributed by atoms with Crippen molar-refractivity contribution in [2.45, 2.75) is 4.90 Å². The smallest absolute Gasteiger partial charge is 0.261 e. The second kappa shape index (κ2) is 12.4. The van der Waals surface area contributed by atoms with Crippen LogP contribution in [0.3, 0.4) is 0 Å². The number of amides is 1. The van der Waals surface area contributed by atoms with E-state index in [1.807, 2.05) is 18.2 Å². The van der Waals surface area contributed by atoms with Gasteiger partial charge in [-0.15, -0.1) is 0 Å². The summed E-state index contributed by atoms with van der Waals surface area (Å²) in [6.07, 6.45) is 4.25. The van der Waals surface area contributed by atoms with Crippen molar-refractivity contribution in [2.75, 3.05) is 51.2 Å². The predicted octanol–water partition coefficient (Wildman–Crippen LogP) is 3.73. The van der Waals surface area contributed by atoms with Crippen LogP contribution in [0.25, 0.3) is 6.08 Å². The minimum atomic E-state index is -3.76. The number of anilines is 1. The van der Waals surface area contributed by atoms with Crippen LogP contribution in [0.4, 0.5) is 5.69 Å². The van der Waals surface area contributed by atoms with E-state index in [0.29, 0.717) is 30.3 Å². The van der Waals surface area contributed by atoms with Crippen molar-refractivity contribution in [3.8, 4) is 11.5 Å². The largest absolute Gasteiger partial charge is 0.497 e. The molecule has 1 fully saturated rings. The molecule has 0 unspecified atom stereocenters. The van der Waals surface area contributed by atoms with Crippen molar-refractivity contribution in [3.05, 3.63) is 90.5 Å². The molecule has 3 aromatic rings. The minimum absolute atomic E-state index is 0.0858. The van der Waals surface area contributed by atoms with Crippen LogP contribution in [0.15, 0.2) is 89.8 Å². The average Bonchev–Trinajstić information content (AvgIpc) is 2.93. The summed E-state index contributed by atoms with van der Waals surface area (Å²) in [5.74, 6) is 0.982. The zero-order valence-electron chi connectivity index (χ0n) is 20.7. The molecule has 8 nitrogen and oxygen atoms in total. The Bertz CT molecular complexity index is 1290. The van der Waals surface area contributed by atoms with Gasteiger partial charge in [0.1, 0.15) is 11.5 Å². The van der Waals surface area contributed by atoms with E-state index in [2.05, 4.69) is 33.9 Å². The number of rotatable bonds is 10. The molecule has 1 N–H and O–H groups in total. The van der Waals surface area contributed by atoms with Gasteiger partial charge in [0.25, 0.3) is 15.9 Å². The maximum absolute atomic E-state index is 12.7. The highest BCUT2D eigenvalue weighted by Crippen LogP contribution is 2.21. The first kappa shape index (κ1) is 26.2.